The highest BCUT2D eigenvalue weighted by atomic mass is 14.1. The maximum atomic E-state index is 2.35. The third kappa shape index (κ3) is 8.76. The van der Waals surface area contributed by atoms with E-state index in [-0.39, 0.29) is 0 Å². The predicted octanol–water partition coefficient (Wildman–Crippen LogP) is 6.29. The van der Waals surface area contributed by atoms with Crippen LogP contribution in [0.2, 0.25) is 0 Å². The third-order valence-electron chi connectivity index (χ3n) is 2.63. The SMILES string of the molecule is CC.CC.CCCCC1=CC=C(CC)CC1. The monoisotopic (exact) mass is 224 g/mol. The molecule has 1 aliphatic carbocycles. The fraction of sp³-hybridized carbons (Fsp3) is 0.750. The standard InChI is InChI=1S/C12H20.2C2H6/c1-3-5-6-12-9-7-11(4-2)8-10-12;2*1-2/h7,9H,3-6,8,10H2,1-2H3;2*1-2H3. The van der Waals surface area contributed by atoms with E-state index in [1.54, 1.807) is 11.1 Å². The van der Waals surface area contributed by atoms with Crippen LogP contribution in [-0.4, -0.2) is 0 Å². The minimum Gasteiger partial charge on any atom is -0.0702 e. The molecule has 0 radical (unpaired) electrons. The van der Waals surface area contributed by atoms with E-state index < -0.39 is 0 Å². The van der Waals surface area contributed by atoms with E-state index in [2.05, 4.69) is 26.0 Å². The van der Waals surface area contributed by atoms with Crippen LogP contribution in [0.3, 0.4) is 0 Å². The number of unbranched alkanes of at least 4 members (excludes halogenated alkanes) is 1. The number of hydrogen-bond acceptors (Lipinski definition) is 0. The first-order valence-corrected chi connectivity index (χ1v) is 7.24. The Balaban J connectivity index is 0. The Hall–Kier alpha value is -0.520. The van der Waals surface area contributed by atoms with Gasteiger partial charge in [-0.1, -0.05) is 71.3 Å². The molecule has 0 aromatic rings. The van der Waals surface area contributed by atoms with Gasteiger partial charge in [0.1, 0.15) is 0 Å². The molecule has 1 aliphatic rings. The molecule has 0 heterocycles. The summed E-state index contributed by atoms with van der Waals surface area (Å²) in [7, 11) is 0. The molecule has 0 N–H and O–H groups in total. The summed E-state index contributed by atoms with van der Waals surface area (Å²) in [6, 6.07) is 0. The Labute approximate surface area is 104 Å². The summed E-state index contributed by atoms with van der Waals surface area (Å²) in [6.07, 6.45) is 12.5. The first-order chi connectivity index (χ1) is 7.86. The van der Waals surface area contributed by atoms with Crippen molar-refractivity contribution in [1.82, 2.24) is 0 Å². The van der Waals surface area contributed by atoms with E-state index in [4.69, 9.17) is 0 Å². The number of hydrogen-bond donors (Lipinski definition) is 0. The molecule has 0 saturated heterocycles. The maximum absolute atomic E-state index is 2.35. The topological polar surface area (TPSA) is 0 Å². The van der Waals surface area contributed by atoms with E-state index in [0.29, 0.717) is 0 Å². The van der Waals surface area contributed by atoms with Gasteiger partial charge in [-0.05, 0) is 32.1 Å². The van der Waals surface area contributed by atoms with Gasteiger partial charge in [-0.15, -0.1) is 0 Å². The molecule has 1 rings (SSSR count). The second-order valence-electron chi connectivity index (χ2n) is 3.61. The lowest BCUT2D eigenvalue weighted by Gasteiger charge is -2.12. The minimum atomic E-state index is 1.23. The first kappa shape index (κ1) is 17.9. The number of rotatable bonds is 4. The van der Waals surface area contributed by atoms with E-state index >= 15 is 0 Å². The van der Waals surface area contributed by atoms with Crippen LogP contribution in [0.1, 0.15) is 80.1 Å². The van der Waals surface area contributed by atoms with Crippen molar-refractivity contribution in [3.8, 4) is 0 Å². The van der Waals surface area contributed by atoms with E-state index in [1.165, 1.54) is 38.5 Å². The molecule has 16 heavy (non-hydrogen) atoms. The van der Waals surface area contributed by atoms with Crippen LogP contribution in [0.4, 0.5) is 0 Å². The lowest BCUT2D eigenvalue weighted by Crippen LogP contribution is -1.92. The summed E-state index contributed by atoms with van der Waals surface area (Å²) in [5.74, 6) is 0. The third-order valence-corrected chi connectivity index (χ3v) is 2.63. The van der Waals surface area contributed by atoms with Gasteiger partial charge in [0.15, 0.2) is 0 Å². The van der Waals surface area contributed by atoms with Gasteiger partial charge in [-0.3, -0.25) is 0 Å². The van der Waals surface area contributed by atoms with Crippen LogP contribution >= 0.6 is 0 Å². The molecule has 0 bridgehead atoms. The van der Waals surface area contributed by atoms with E-state index in [9.17, 15) is 0 Å². The van der Waals surface area contributed by atoms with Gasteiger partial charge < -0.3 is 0 Å². The Morgan fingerprint density at radius 2 is 1.38 bits per heavy atom. The Kier molecular flexibility index (Phi) is 16.2. The van der Waals surface area contributed by atoms with Crippen LogP contribution in [-0.2, 0) is 0 Å². The molecule has 0 aliphatic heterocycles. The normalized spacial score (nSPS) is 13.6. The largest absolute Gasteiger partial charge is 0.0702 e. The molecule has 0 spiro atoms. The van der Waals surface area contributed by atoms with Gasteiger partial charge in [0, 0.05) is 0 Å². The summed E-state index contributed by atoms with van der Waals surface area (Å²) in [5, 5.41) is 0. The molecule has 0 nitrogen and oxygen atoms in total. The lowest BCUT2D eigenvalue weighted by atomic mass is 9.94. The van der Waals surface area contributed by atoms with Crippen LogP contribution < -0.4 is 0 Å². The zero-order valence-corrected chi connectivity index (χ0v) is 12.4. The Bertz CT molecular complexity index is 184. The second-order valence-corrected chi connectivity index (χ2v) is 3.61. The van der Waals surface area contributed by atoms with Gasteiger partial charge in [0.05, 0.1) is 0 Å². The molecule has 0 atom stereocenters. The van der Waals surface area contributed by atoms with Gasteiger partial charge in [0.2, 0.25) is 0 Å². The predicted molar refractivity (Wildman–Crippen MR) is 77.9 cm³/mol. The summed E-state index contributed by atoms with van der Waals surface area (Å²) >= 11 is 0. The lowest BCUT2D eigenvalue weighted by molar-refractivity contribution is 0.734. The van der Waals surface area contributed by atoms with Gasteiger partial charge >= 0.3 is 0 Å². The highest BCUT2D eigenvalue weighted by Crippen LogP contribution is 2.23. The van der Waals surface area contributed by atoms with Crippen molar-refractivity contribution in [3.05, 3.63) is 23.3 Å². The average molecular weight is 224 g/mol. The van der Waals surface area contributed by atoms with Crippen molar-refractivity contribution < 1.29 is 0 Å². The van der Waals surface area contributed by atoms with Crippen molar-refractivity contribution in [2.75, 3.05) is 0 Å². The molecule has 0 unspecified atom stereocenters. The minimum absolute atomic E-state index is 1.23. The summed E-state index contributed by atoms with van der Waals surface area (Å²) < 4.78 is 0. The van der Waals surface area contributed by atoms with Gasteiger partial charge in [-0.2, -0.15) is 0 Å². The molecular weight excluding hydrogens is 192 g/mol. The van der Waals surface area contributed by atoms with Crippen molar-refractivity contribution in [3.63, 3.8) is 0 Å². The number of allylic oxidation sites excluding steroid dienone is 4. The Morgan fingerprint density at radius 1 is 0.875 bits per heavy atom. The summed E-state index contributed by atoms with van der Waals surface area (Å²) in [6.45, 7) is 12.5. The van der Waals surface area contributed by atoms with Crippen LogP contribution in [0.15, 0.2) is 23.3 Å². The van der Waals surface area contributed by atoms with Crippen LogP contribution in [0, 0.1) is 0 Å². The molecular formula is C16H32. The summed E-state index contributed by atoms with van der Waals surface area (Å²) in [5.41, 5.74) is 3.28. The first-order valence-electron chi connectivity index (χ1n) is 7.24. The smallest absolute Gasteiger partial charge is 0.0280 e. The molecule has 0 fully saturated rings. The fourth-order valence-electron chi connectivity index (χ4n) is 1.63. The highest BCUT2D eigenvalue weighted by Gasteiger charge is 2.03. The van der Waals surface area contributed by atoms with Gasteiger partial charge in [-0.25, -0.2) is 0 Å². The quantitative estimate of drug-likeness (QED) is 0.526. The average Bonchev–Trinajstić information content (AvgIpc) is 2.41. The van der Waals surface area contributed by atoms with Crippen molar-refractivity contribution >= 4 is 0 Å². The van der Waals surface area contributed by atoms with Crippen molar-refractivity contribution in [2.45, 2.75) is 80.1 Å². The van der Waals surface area contributed by atoms with Crippen LogP contribution in [0.5, 0.6) is 0 Å². The zero-order valence-electron chi connectivity index (χ0n) is 12.4. The molecule has 0 amide bonds. The van der Waals surface area contributed by atoms with E-state index in [1.807, 2.05) is 27.7 Å². The van der Waals surface area contributed by atoms with Gasteiger partial charge in [0.25, 0.3) is 0 Å². The highest BCUT2D eigenvalue weighted by molar-refractivity contribution is 5.23. The molecule has 0 saturated carbocycles. The molecule has 0 aromatic carbocycles. The fourth-order valence-corrected chi connectivity index (χ4v) is 1.63. The van der Waals surface area contributed by atoms with Crippen molar-refractivity contribution in [2.24, 2.45) is 0 Å². The molecule has 0 aromatic heterocycles. The Morgan fingerprint density at radius 3 is 1.75 bits per heavy atom. The zero-order chi connectivity index (χ0) is 12.8. The van der Waals surface area contributed by atoms with Crippen LogP contribution in [0.25, 0.3) is 0 Å². The van der Waals surface area contributed by atoms with E-state index in [0.717, 1.165) is 0 Å². The molecule has 96 valence electrons. The second kappa shape index (κ2) is 14.5. The molecule has 0 heteroatoms. The van der Waals surface area contributed by atoms with Crippen molar-refractivity contribution in [1.29, 1.82) is 0 Å². The maximum Gasteiger partial charge on any atom is -0.0280 e. The summed E-state index contributed by atoms with van der Waals surface area (Å²) in [4.78, 5) is 0.